The van der Waals surface area contributed by atoms with E-state index in [0.29, 0.717) is 6.54 Å². The van der Waals surface area contributed by atoms with Gasteiger partial charge in [0.15, 0.2) is 0 Å². The van der Waals surface area contributed by atoms with Crippen LogP contribution in [0.25, 0.3) is 0 Å². The highest BCUT2D eigenvalue weighted by atomic mass is 16.3. The second-order valence-electron chi connectivity index (χ2n) is 4.69. The van der Waals surface area contributed by atoms with Gasteiger partial charge in [0.1, 0.15) is 6.10 Å². The van der Waals surface area contributed by atoms with Gasteiger partial charge in [-0.25, -0.2) is 9.97 Å². The van der Waals surface area contributed by atoms with Crippen molar-refractivity contribution in [2.45, 2.75) is 18.7 Å². The van der Waals surface area contributed by atoms with E-state index in [-0.39, 0.29) is 6.04 Å². The Morgan fingerprint density at radius 3 is 2.40 bits per heavy atom. The number of hydrogen-bond acceptors (Lipinski definition) is 3. The first-order valence-electron chi connectivity index (χ1n) is 6.51. The fourth-order valence-corrected chi connectivity index (χ4v) is 2.31. The molecule has 102 valence electrons. The fourth-order valence-electron chi connectivity index (χ4n) is 2.31. The molecule has 0 bridgehead atoms. The van der Waals surface area contributed by atoms with Gasteiger partial charge in [0.05, 0.1) is 18.7 Å². The van der Waals surface area contributed by atoms with Crippen LogP contribution in [0, 0.1) is 0 Å². The summed E-state index contributed by atoms with van der Waals surface area (Å²) in [5, 5.41) is 10.7. The molecule has 2 aromatic heterocycles. The quantitative estimate of drug-likeness (QED) is 0.770. The van der Waals surface area contributed by atoms with Crippen molar-refractivity contribution in [3.8, 4) is 0 Å². The van der Waals surface area contributed by atoms with E-state index in [4.69, 9.17) is 0 Å². The number of hydrogen-bond donors (Lipinski definition) is 1. The normalized spacial score (nSPS) is 14.1. The van der Waals surface area contributed by atoms with Crippen molar-refractivity contribution >= 4 is 0 Å². The van der Waals surface area contributed by atoms with E-state index in [2.05, 4.69) is 9.97 Å². The van der Waals surface area contributed by atoms with Crippen LogP contribution < -0.4 is 0 Å². The summed E-state index contributed by atoms with van der Waals surface area (Å²) in [6.45, 7) is 0.631. The molecule has 0 saturated heterocycles. The number of aliphatic hydroxyl groups is 1. The highest BCUT2D eigenvalue weighted by Crippen LogP contribution is 2.27. The standard InChI is InChI=1S/C15H16N4O/c20-15(13-4-2-1-3-5-13)14(19-9-7-17-12-19)10-18-8-6-16-11-18/h1-9,11-12,14-15,20H,10H2. The molecule has 0 amide bonds. The van der Waals surface area contributed by atoms with Crippen molar-refractivity contribution in [1.29, 1.82) is 0 Å². The van der Waals surface area contributed by atoms with Crippen molar-refractivity contribution in [2.24, 2.45) is 0 Å². The summed E-state index contributed by atoms with van der Waals surface area (Å²) in [5.74, 6) is 0. The average Bonchev–Trinajstić information content (AvgIpc) is 3.18. The van der Waals surface area contributed by atoms with Crippen LogP contribution in [0.15, 0.2) is 67.8 Å². The molecule has 5 heteroatoms. The second kappa shape index (κ2) is 5.71. The van der Waals surface area contributed by atoms with Crippen molar-refractivity contribution in [1.82, 2.24) is 19.1 Å². The molecule has 0 aliphatic carbocycles. The molecule has 0 aliphatic heterocycles. The topological polar surface area (TPSA) is 55.9 Å². The predicted molar refractivity (Wildman–Crippen MR) is 74.9 cm³/mol. The summed E-state index contributed by atoms with van der Waals surface area (Å²) >= 11 is 0. The molecule has 0 saturated carbocycles. The van der Waals surface area contributed by atoms with Crippen LogP contribution in [-0.2, 0) is 6.54 Å². The molecular formula is C15H16N4O. The Labute approximate surface area is 117 Å². The van der Waals surface area contributed by atoms with E-state index in [1.807, 2.05) is 51.9 Å². The van der Waals surface area contributed by atoms with Gasteiger partial charge in [-0.2, -0.15) is 0 Å². The van der Waals surface area contributed by atoms with E-state index in [0.717, 1.165) is 5.56 Å². The lowest BCUT2D eigenvalue weighted by atomic mass is 10.0. The lowest BCUT2D eigenvalue weighted by Gasteiger charge is -2.25. The molecule has 5 nitrogen and oxygen atoms in total. The molecule has 1 aromatic carbocycles. The third kappa shape index (κ3) is 2.62. The maximum Gasteiger partial charge on any atom is 0.101 e. The Hall–Kier alpha value is -2.40. The van der Waals surface area contributed by atoms with Gasteiger partial charge in [0, 0.05) is 31.3 Å². The van der Waals surface area contributed by atoms with Crippen molar-refractivity contribution in [3.05, 3.63) is 73.3 Å². The average molecular weight is 268 g/mol. The smallest absolute Gasteiger partial charge is 0.101 e. The minimum atomic E-state index is -0.604. The molecule has 2 heterocycles. The fraction of sp³-hybridized carbons (Fsp3) is 0.200. The van der Waals surface area contributed by atoms with E-state index in [1.54, 1.807) is 25.0 Å². The lowest BCUT2D eigenvalue weighted by Crippen LogP contribution is -2.21. The Balaban J connectivity index is 1.89. The summed E-state index contributed by atoms with van der Waals surface area (Å²) in [5.41, 5.74) is 0.895. The van der Waals surface area contributed by atoms with Gasteiger partial charge in [-0.3, -0.25) is 0 Å². The van der Waals surface area contributed by atoms with Gasteiger partial charge in [-0.1, -0.05) is 30.3 Å². The van der Waals surface area contributed by atoms with Gasteiger partial charge < -0.3 is 14.2 Å². The Bertz CT molecular complexity index is 619. The molecular weight excluding hydrogens is 252 g/mol. The Morgan fingerprint density at radius 1 is 1.00 bits per heavy atom. The maximum absolute atomic E-state index is 10.7. The van der Waals surface area contributed by atoms with Gasteiger partial charge in [0.2, 0.25) is 0 Å². The molecule has 2 unspecified atom stereocenters. The number of imidazole rings is 2. The van der Waals surface area contributed by atoms with E-state index in [1.165, 1.54) is 0 Å². The SMILES string of the molecule is OC(c1ccccc1)C(Cn1ccnc1)n1ccnc1. The van der Waals surface area contributed by atoms with Crippen LogP contribution in [-0.4, -0.2) is 24.2 Å². The zero-order valence-corrected chi connectivity index (χ0v) is 10.9. The largest absolute Gasteiger partial charge is 0.386 e. The summed E-state index contributed by atoms with van der Waals surface area (Å²) in [7, 11) is 0. The predicted octanol–water partition coefficient (Wildman–Crippen LogP) is 2.05. The monoisotopic (exact) mass is 268 g/mol. The molecule has 0 radical (unpaired) electrons. The van der Waals surface area contributed by atoms with Crippen LogP contribution in [0.5, 0.6) is 0 Å². The van der Waals surface area contributed by atoms with Crippen molar-refractivity contribution in [2.75, 3.05) is 0 Å². The highest BCUT2D eigenvalue weighted by molar-refractivity contribution is 5.18. The maximum atomic E-state index is 10.7. The number of nitrogens with zero attached hydrogens (tertiary/aromatic N) is 4. The van der Waals surface area contributed by atoms with Gasteiger partial charge >= 0.3 is 0 Å². The first-order chi connectivity index (χ1) is 9.84. The summed E-state index contributed by atoms with van der Waals surface area (Å²) in [6.07, 6.45) is 10.1. The molecule has 0 aliphatic rings. The summed E-state index contributed by atoms with van der Waals surface area (Å²) < 4.78 is 3.88. The molecule has 3 rings (SSSR count). The zero-order valence-electron chi connectivity index (χ0n) is 10.9. The van der Waals surface area contributed by atoms with Crippen LogP contribution in [0.4, 0.5) is 0 Å². The summed E-state index contributed by atoms with van der Waals surface area (Å²) in [6, 6.07) is 9.54. The highest BCUT2D eigenvalue weighted by Gasteiger charge is 2.22. The van der Waals surface area contributed by atoms with Crippen LogP contribution >= 0.6 is 0 Å². The van der Waals surface area contributed by atoms with E-state index in [9.17, 15) is 5.11 Å². The molecule has 3 aromatic rings. The number of rotatable bonds is 5. The lowest BCUT2D eigenvalue weighted by molar-refractivity contribution is 0.102. The Morgan fingerprint density at radius 2 is 1.75 bits per heavy atom. The van der Waals surface area contributed by atoms with Crippen molar-refractivity contribution in [3.63, 3.8) is 0 Å². The van der Waals surface area contributed by atoms with E-state index >= 15 is 0 Å². The second-order valence-corrected chi connectivity index (χ2v) is 4.69. The minimum absolute atomic E-state index is 0.130. The van der Waals surface area contributed by atoms with Crippen LogP contribution in [0.2, 0.25) is 0 Å². The summed E-state index contributed by atoms with van der Waals surface area (Å²) in [4.78, 5) is 8.12. The van der Waals surface area contributed by atoms with E-state index < -0.39 is 6.10 Å². The Kier molecular flexibility index (Phi) is 3.60. The molecule has 2 atom stereocenters. The van der Waals surface area contributed by atoms with Gasteiger partial charge in [-0.15, -0.1) is 0 Å². The molecule has 0 fully saturated rings. The van der Waals surface area contributed by atoms with Gasteiger partial charge in [-0.05, 0) is 5.56 Å². The molecule has 0 spiro atoms. The first kappa shape index (κ1) is 12.6. The first-order valence-corrected chi connectivity index (χ1v) is 6.51. The molecule has 1 N–H and O–H groups in total. The minimum Gasteiger partial charge on any atom is -0.386 e. The third-order valence-electron chi connectivity index (χ3n) is 3.37. The van der Waals surface area contributed by atoms with Gasteiger partial charge in [0.25, 0.3) is 0 Å². The zero-order chi connectivity index (χ0) is 13.8. The number of aromatic nitrogens is 4. The number of benzene rings is 1. The third-order valence-corrected chi connectivity index (χ3v) is 3.37. The van der Waals surface area contributed by atoms with Crippen LogP contribution in [0.1, 0.15) is 17.7 Å². The van der Waals surface area contributed by atoms with Crippen LogP contribution in [0.3, 0.4) is 0 Å². The number of aliphatic hydroxyl groups excluding tert-OH is 1. The molecule has 20 heavy (non-hydrogen) atoms. The van der Waals surface area contributed by atoms with Crippen molar-refractivity contribution < 1.29 is 5.11 Å².